The Morgan fingerprint density at radius 2 is 2.00 bits per heavy atom. The first-order chi connectivity index (χ1) is 13.2. The molecule has 1 N–H and O–H groups in total. The minimum Gasteiger partial charge on any atom is -0.311 e. The van der Waals surface area contributed by atoms with Crippen LogP contribution in [0, 0.1) is 18.3 Å². The molecule has 1 atom stereocenters. The number of para-hydroxylation sites is 1. The highest BCUT2D eigenvalue weighted by Crippen LogP contribution is 2.38. The van der Waals surface area contributed by atoms with Crippen molar-refractivity contribution >= 4 is 39.8 Å². The van der Waals surface area contributed by atoms with Crippen LogP contribution in [0.2, 0.25) is 0 Å². The van der Waals surface area contributed by atoms with E-state index in [0.29, 0.717) is 23.0 Å². The van der Waals surface area contributed by atoms with Crippen LogP contribution in [0.4, 0.5) is 10.8 Å². The maximum atomic E-state index is 12.7. The normalized spacial score (nSPS) is 21.0. The lowest BCUT2D eigenvalue weighted by atomic mass is 9.78. The van der Waals surface area contributed by atoms with E-state index in [2.05, 4.69) is 24.1 Å². The molecule has 2 aromatic rings. The third-order valence-corrected chi connectivity index (χ3v) is 6.42. The van der Waals surface area contributed by atoms with Gasteiger partial charge in [0.25, 0.3) is 0 Å². The average Bonchev–Trinajstić information content (AvgIpc) is 3.18. The molecule has 2 amide bonds. The zero-order valence-corrected chi connectivity index (χ0v) is 17.1. The predicted octanol–water partition coefficient (Wildman–Crippen LogP) is 3.60. The van der Waals surface area contributed by atoms with Gasteiger partial charge in [-0.15, -0.1) is 0 Å². The maximum Gasteiger partial charge on any atom is 0.231 e. The number of carbonyl (C=O) groups excluding carboxylic acids is 3. The number of hydrogen-bond acceptors (Lipinski definition) is 5. The summed E-state index contributed by atoms with van der Waals surface area (Å²) < 4.78 is 0. The van der Waals surface area contributed by atoms with E-state index in [4.69, 9.17) is 0 Å². The number of ketones is 1. The maximum absolute atomic E-state index is 12.7. The zero-order chi connectivity index (χ0) is 20.1. The fraction of sp³-hybridized carbons (Fsp3) is 0.429. The van der Waals surface area contributed by atoms with Crippen molar-refractivity contribution in [1.82, 2.24) is 4.98 Å². The van der Waals surface area contributed by atoms with Crippen molar-refractivity contribution in [3.63, 3.8) is 0 Å². The topological polar surface area (TPSA) is 79.4 Å². The molecule has 0 spiro atoms. The summed E-state index contributed by atoms with van der Waals surface area (Å²) in [5.74, 6) is -0.613. The molecule has 2 aliphatic rings. The predicted molar refractivity (Wildman–Crippen MR) is 109 cm³/mol. The highest BCUT2D eigenvalue weighted by Gasteiger charge is 2.37. The summed E-state index contributed by atoms with van der Waals surface area (Å²) in [6, 6.07) is 7.67. The van der Waals surface area contributed by atoms with E-state index < -0.39 is 5.92 Å². The van der Waals surface area contributed by atoms with E-state index in [1.807, 2.05) is 31.2 Å². The number of thiazole rings is 1. The van der Waals surface area contributed by atoms with Crippen molar-refractivity contribution < 1.29 is 14.4 Å². The average molecular weight is 398 g/mol. The lowest BCUT2D eigenvalue weighted by Crippen LogP contribution is -2.28. The number of Topliss-reactive ketones (excluding diaryl/α,β-unsaturated/α-hetero) is 1. The van der Waals surface area contributed by atoms with Crippen LogP contribution < -0.4 is 10.2 Å². The minimum absolute atomic E-state index is 0.0511. The van der Waals surface area contributed by atoms with Gasteiger partial charge in [0.2, 0.25) is 11.8 Å². The van der Waals surface area contributed by atoms with Crippen LogP contribution in [0.15, 0.2) is 24.3 Å². The van der Waals surface area contributed by atoms with Crippen molar-refractivity contribution in [1.29, 1.82) is 0 Å². The Hall–Kier alpha value is -2.54. The molecular weight excluding hydrogens is 374 g/mol. The number of fused-ring (bicyclic) bond motifs is 1. The summed E-state index contributed by atoms with van der Waals surface area (Å²) in [6.45, 7) is 6.41. The van der Waals surface area contributed by atoms with Gasteiger partial charge in [-0.2, -0.15) is 0 Å². The molecule has 0 unspecified atom stereocenters. The largest absolute Gasteiger partial charge is 0.311 e. The number of aryl methyl sites for hydroxylation is 1. The number of carbonyl (C=O) groups is 3. The zero-order valence-electron chi connectivity index (χ0n) is 16.2. The molecule has 1 aliphatic carbocycles. The number of amides is 2. The van der Waals surface area contributed by atoms with Crippen LogP contribution in [0.5, 0.6) is 0 Å². The Labute approximate surface area is 168 Å². The summed E-state index contributed by atoms with van der Waals surface area (Å²) >= 11 is 1.24. The summed E-state index contributed by atoms with van der Waals surface area (Å²) in [4.78, 5) is 44.3. The number of nitrogens with one attached hydrogen (secondary N) is 1. The summed E-state index contributed by atoms with van der Waals surface area (Å²) in [7, 11) is 0. The molecule has 1 saturated heterocycles. The molecule has 1 aromatic heterocycles. The third kappa shape index (κ3) is 3.46. The van der Waals surface area contributed by atoms with Gasteiger partial charge in [-0.25, -0.2) is 4.98 Å². The van der Waals surface area contributed by atoms with Crippen molar-refractivity contribution in [3.05, 3.63) is 40.4 Å². The van der Waals surface area contributed by atoms with Gasteiger partial charge in [-0.05, 0) is 30.4 Å². The van der Waals surface area contributed by atoms with Crippen LogP contribution in [0.3, 0.4) is 0 Å². The van der Waals surface area contributed by atoms with Gasteiger partial charge in [0.1, 0.15) is 0 Å². The highest BCUT2D eigenvalue weighted by atomic mass is 32.1. The van der Waals surface area contributed by atoms with Gasteiger partial charge in [0, 0.05) is 25.1 Å². The molecule has 28 heavy (non-hydrogen) atoms. The van der Waals surface area contributed by atoms with Crippen molar-refractivity contribution in [2.45, 2.75) is 40.0 Å². The standard InChI is InChI=1S/C21H23N3O3S/c1-12-6-4-5-7-15(12)24-11-13(8-17(24)26)19(27)23-20-22-14-9-21(2,3)10-16(25)18(14)28-20/h4-7,13H,8-11H2,1-3H3,(H,22,23,27)/t13-/m1/s1. The van der Waals surface area contributed by atoms with Gasteiger partial charge < -0.3 is 10.2 Å². The molecule has 1 aromatic carbocycles. The fourth-order valence-electron chi connectivity index (χ4n) is 3.96. The first kappa shape index (κ1) is 18.8. The third-order valence-electron chi connectivity index (χ3n) is 5.37. The van der Waals surface area contributed by atoms with Gasteiger partial charge >= 0.3 is 0 Å². The number of rotatable bonds is 3. The second-order valence-corrected chi connectivity index (χ2v) is 9.42. The molecule has 0 bridgehead atoms. The Morgan fingerprint density at radius 1 is 1.25 bits per heavy atom. The SMILES string of the molecule is Cc1ccccc1N1C[C@H](C(=O)Nc2nc3c(s2)C(=O)CC(C)(C)C3)CC1=O. The monoisotopic (exact) mass is 397 g/mol. The van der Waals surface area contributed by atoms with E-state index in [1.54, 1.807) is 4.90 Å². The molecule has 4 rings (SSSR count). The van der Waals surface area contributed by atoms with Gasteiger partial charge in [-0.1, -0.05) is 43.4 Å². The van der Waals surface area contributed by atoms with Gasteiger partial charge in [0.15, 0.2) is 10.9 Å². The second-order valence-electron chi connectivity index (χ2n) is 8.42. The Kier molecular flexibility index (Phi) is 4.57. The van der Waals surface area contributed by atoms with Gasteiger partial charge in [-0.3, -0.25) is 14.4 Å². The lowest BCUT2D eigenvalue weighted by molar-refractivity contribution is -0.122. The molecule has 1 aliphatic heterocycles. The Bertz CT molecular complexity index is 979. The van der Waals surface area contributed by atoms with E-state index in [1.165, 1.54) is 11.3 Å². The molecule has 2 heterocycles. The second kappa shape index (κ2) is 6.81. The minimum atomic E-state index is -0.430. The van der Waals surface area contributed by atoms with Crippen molar-refractivity contribution in [3.8, 4) is 0 Å². The van der Waals surface area contributed by atoms with Crippen molar-refractivity contribution in [2.24, 2.45) is 11.3 Å². The first-order valence-corrected chi connectivity index (χ1v) is 10.2. The van der Waals surface area contributed by atoms with Gasteiger partial charge in [0.05, 0.1) is 16.5 Å². The number of anilines is 2. The number of benzene rings is 1. The van der Waals surface area contributed by atoms with Crippen molar-refractivity contribution in [2.75, 3.05) is 16.8 Å². The van der Waals surface area contributed by atoms with Crippen LogP contribution in [-0.4, -0.2) is 29.1 Å². The van der Waals surface area contributed by atoms with Crippen LogP contribution in [0.25, 0.3) is 0 Å². The quantitative estimate of drug-likeness (QED) is 0.858. The molecule has 0 radical (unpaired) electrons. The first-order valence-electron chi connectivity index (χ1n) is 9.43. The van der Waals surface area contributed by atoms with E-state index in [0.717, 1.165) is 23.4 Å². The molecule has 6 nitrogen and oxygen atoms in total. The molecule has 7 heteroatoms. The Morgan fingerprint density at radius 3 is 2.75 bits per heavy atom. The molecule has 0 saturated carbocycles. The number of aromatic nitrogens is 1. The fourth-order valence-corrected chi connectivity index (χ4v) is 4.89. The lowest BCUT2D eigenvalue weighted by Gasteiger charge is -2.26. The van der Waals surface area contributed by atoms with Crippen LogP contribution >= 0.6 is 11.3 Å². The van der Waals surface area contributed by atoms with Crippen LogP contribution in [-0.2, 0) is 16.0 Å². The molecule has 146 valence electrons. The summed E-state index contributed by atoms with van der Waals surface area (Å²) in [5, 5.41) is 3.28. The highest BCUT2D eigenvalue weighted by molar-refractivity contribution is 7.17. The number of hydrogen-bond donors (Lipinski definition) is 1. The molecular formula is C21H23N3O3S. The van der Waals surface area contributed by atoms with E-state index in [9.17, 15) is 14.4 Å². The Balaban J connectivity index is 1.48. The van der Waals surface area contributed by atoms with Crippen LogP contribution in [0.1, 0.15) is 47.6 Å². The smallest absolute Gasteiger partial charge is 0.231 e. The number of nitrogens with zero attached hydrogens (tertiary/aromatic N) is 2. The van der Waals surface area contributed by atoms with E-state index >= 15 is 0 Å². The molecule has 1 fully saturated rings. The summed E-state index contributed by atoms with van der Waals surface area (Å²) in [5.41, 5.74) is 2.52. The summed E-state index contributed by atoms with van der Waals surface area (Å²) in [6.07, 6.45) is 1.40. The van der Waals surface area contributed by atoms with E-state index in [-0.39, 0.29) is 29.4 Å².